The van der Waals surface area contributed by atoms with E-state index in [0.29, 0.717) is 23.1 Å². The topological polar surface area (TPSA) is 64.7 Å². The Kier molecular flexibility index (Phi) is 7.44. The number of nitrogens with one attached hydrogen (secondary N) is 2. The molecule has 3 rings (SSSR count). The van der Waals surface area contributed by atoms with Gasteiger partial charge in [-0.3, -0.25) is 14.9 Å². The highest BCUT2D eigenvalue weighted by Gasteiger charge is 2.24. The summed E-state index contributed by atoms with van der Waals surface area (Å²) in [6, 6.07) is 15.0. The van der Waals surface area contributed by atoms with Crippen LogP contribution in [0.4, 0.5) is 11.4 Å². The van der Waals surface area contributed by atoms with Crippen molar-refractivity contribution in [1.29, 1.82) is 0 Å². The van der Waals surface area contributed by atoms with E-state index in [-0.39, 0.29) is 22.8 Å². The van der Waals surface area contributed by atoms with Gasteiger partial charge in [-0.1, -0.05) is 38.1 Å². The summed E-state index contributed by atoms with van der Waals surface area (Å²) < 4.78 is 0.708. The van der Waals surface area contributed by atoms with Crippen LogP contribution in [0.2, 0.25) is 0 Å². The minimum atomic E-state index is -0.279. The summed E-state index contributed by atoms with van der Waals surface area (Å²) in [5, 5.41) is 6.11. The highest BCUT2D eigenvalue weighted by molar-refractivity contribution is 9.10. The molecule has 2 amide bonds. The van der Waals surface area contributed by atoms with Crippen molar-refractivity contribution in [1.82, 2.24) is 10.2 Å². The molecule has 0 saturated carbocycles. The minimum Gasteiger partial charge on any atom is -0.366 e. The van der Waals surface area contributed by atoms with Gasteiger partial charge in [-0.15, -0.1) is 0 Å². The third-order valence-electron chi connectivity index (χ3n) is 4.92. The lowest BCUT2D eigenvalue weighted by Crippen LogP contribution is -2.50. The first-order chi connectivity index (χ1) is 14.4. The van der Waals surface area contributed by atoms with E-state index in [4.69, 9.17) is 12.2 Å². The first kappa shape index (κ1) is 22.2. The van der Waals surface area contributed by atoms with Crippen molar-refractivity contribution in [2.24, 2.45) is 5.92 Å². The fourth-order valence-corrected chi connectivity index (χ4v) is 4.02. The Morgan fingerprint density at radius 2 is 1.63 bits per heavy atom. The molecule has 0 bridgehead atoms. The molecular weight excluding hydrogens is 464 g/mol. The Labute approximate surface area is 190 Å². The standard InChI is InChI=1S/C22H25BrN4O2S/c1-15(2)21(29)27-13-11-26(12-14-27)19-10-6-5-9-18(19)24-22(30)25-20(28)16-7-3-4-8-17(16)23/h3-10,15H,11-14H2,1-2H3,(H2,24,25,28,30). The predicted octanol–water partition coefficient (Wildman–Crippen LogP) is 3.88. The van der Waals surface area contributed by atoms with E-state index in [2.05, 4.69) is 31.5 Å². The van der Waals surface area contributed by atoms with Crippen molar-refractivity contribution in [2.45, 2.75) is 13.8 Å². The molecular formula is C22H25BrN4O2S. The molecule has 30 heavy (non-hydrogen) atoms. The Morgan fingerprint density at radius 1 is 1.00 bits per heavy atom. The van der Waals surface area contributed by atoms with Crippen LogP contribution in [0.5, 0.6) is 0 Å². The molecule has 158 valence electrons. The smallest absolute Gasteiger partial charge is 0.258 e. The number of piperazine rings is 1. The molecule has 6 nitrogen and oxygen atoms in total. The van der Waals surface area contributed by atoms with E-state index in [1.165, 1.54) is 0 Å². The summed E-state index contributed by atoms with van der Waals surface area (Å²) in [4.78, 5) is 28.9. The molecule has 8 heteroatoms. The number of amides is 2. The maximum atomic E-state index is 12.5. The van der Waals surface area contributed by atoms with Gasteiger partial charge < -0.3 is 15.1 Å². The van der Waals surface area contributed by atoms with Crippen molar-refractivity contribution in [3.8, 4) is 0 Å². The van der Waals surface area contributed by atoms with Gasteiger partial charge in [0, 0.05) is 36.6 Å². The lowest BCUT2D eigenvalue weighted by molar-refractivity contribution is -0.134. The number of rotatable bonds is 4. The highest BCUT2D eigenvalue weighted by atomic mass is 79.9. The SMILES string of the molecule is CC(C)C(=O)N1CCN(c2ccccc2NC(=S)NC(=O)c2ccccc2Br)CC1. The summed E-state index contributed by atoms with van der Waals surface area (Å²) in [6.07, 6.45) is 0. The lowest BCUT2D eigenvalue weighted by atomic mass is 10.1. The Hall–Kier alpha value is -2.45. The number of carbonyl (C=O) groups excluding carboxylic acids is 2. The molecule has 1 heterocycles. The van der Waals surface area contributed by atoms with Gasteiger partial charge in [0.25, 0.3) is 5.91 Å². The van der Waals surface area contributed by atoms with Gasteiger partial charge in [-0.25, -0.2) is 0 Å². The van der Waals surface area contributed by atoms with Crippen molar-refractivity contribution in [3.63, 3.8) is 0 Å². The fourth-order valence-electron chi connectivity index (χ4n) is 3.36. The number of hydrogen-bond donors (Lipinski definition) is 2. The van der Waals surface area contributed by atoms with E-state index in [1.807, 2.05) is 55.1 Å². The Bertz CT molecular complexity index is 942. The molecule has 1 aliphatic heterocycles. The monoisotopic (exact) mass is 488 g/mol. The number of halogens is 1. The third-order valence-corrected chi connectivity index (χ3v) is 5.82. The van der Waals surface area contributed by atoms with E-state index >= 15 is 0 Å². The van der Waals surface area contributed by atoms with Crippen LogP contribution in [0, 0.1) is 5.92 Å². The van der Waals surface area contributed by atoms with Crippen LogP contribution in [0.1, 0.15) is 24.2 Å². The number of carbonyl (C=O) groups is 2. The van der Waals surface area contributed by atoms with Gasteiger partial charge in [-0.2, -0.15) is 0 Å². The van der Waals surface area contributed by atoms with Crippen molar-refractivity contribution in [3.05, 3.63) is 58.6 Å². The normalized spacial score (nSPS) is 13.9. The minimum absolute atomic E-state index is 0.0103. The van der Waals surface area contributed by atoms with Gasteiger partial charge in [0.2, 0.25) is 5.91 Å². The predicted molar refractivity (Wildman–Crippen MR) is 128 cm³/mol. The molecule has 0 aliphatic carbocycles. The number of hydrogen-bond acceptors (Lipinski definition) is 4. The summed E-state index contributed by atoms with van der Waals surface area (Å²) in [7, 11) is 0. The van der Waals surface area contributed by atoms with Crippen molar-refractivity contribution >= 4 is 56.4 Å². The third kappa shape index (κ3) is 5.37. The molecule has 2 aromatic carbocycles. The van der Waals surface area contributed by atoms with E-state index < -0.39 is 0 Å². The summed E-state index contributed by atoms with van der Waals surface area (Å²) in [6.45, 7) is 6.72. The molecule has 2 N–H and O–H groups in total. The van der Waals surface area contributed by atoms with Crippen LogP contribution < -0.4 is 15.5 Å². The number of para-hydroxylation sites is 2. The second-order valence-corrected chi connectivity index (χ2v) is 8.63. The van der Waals surface area contributed by atoms with Crippen LogP contribution in [-0.4, -0.2) is 48.0 Å². The second kappa shape index (κ2) is 10.0. The summed E-state index contributed by atoms with van der Waals surface area (Å²) >= 11 is 8.75. The van der Waals surface area contributed by atoms with Crippen molar-refractivity contribution in [2.75, 3.05) is 36.4 Å². The molecule has 0 radical (unpaired) electrons. The largest absolute Gasteiger partial charge is 0.366 e. The van der Waals surface area contributed by atoms with E-state index in [9.17, 15) is 9.59 Å². The van der Waals surface area contributed by atoms with Crippen LogP contribution >= 0.6 is 28.1 Å². The zero-order chi connectivity index (χ0) is 21.7. The summed E-state index contributed by atoms with van der Waals surface area (Å²) in [5.41, 5.74) is 2.33. The van der Waals surface area contributed by atoms with E-state index in [0.717, 1.165) is 24.5 Å². The molecule has 1 fully saturated rings. The first-order valence-electron chi connectivity index (χ1n) is 9.86. The molecule has 0 unspecified atom stereocenters. The second-order valence-electron chi connectivity index (χ2n) is 7.37. The number of anilines is 2. The number of benzene rings is 2. The van der Waals surface area contributed by atoms with E-state index in [1.54, 1.807) is 12.1 Å². The average molecular weight is 489 g/mol. The van der Waals surface area contributed by atoms with Crippen LogP contribution in [0.3, 0.4) is 0 Å². The van der Waals surface area contributed by atoms with Gasteiger partial charge in [0.05, 0.1) is 16.9 Å². The van der Waals surface area contributed by atoms with Gasteiger partial charge >= 0.3 is 0 Å². The molecule has 0 atom stereocenters. The zero-order valence-electron chi connectivity index (χ0n) is 17.0. The Balaban J connectivity index is 1.64. The molecule has 1 saturated heterocycles. The average Bonchev–Trinajstić information content (AvgIpc) is 2.74. The van der Waals surface area contributed by atoms with Crippen LogP contribution in [0.25, 0.3) is 0 Å². The molecule has 0 aromatic heterocycles. The first-order valence-corrected chi connectivity index (χ1v) is 11.1. The highest BCUT2D eigenvalue weighted by Crippen LogP contribution is 2.27. The van der Waals surface area contributed by atoms with Gasteiger partial charge in [-0.05, 0) is 52.4 Å². The molecule has 1 aliphatic rings. The number of nitrogens with zero attached hydrogens (tertiary/aromatic N) is 2. The number of thiocarbonyl (C=S) groups is 1. The summed E-state index contributed by atoms with van der Waals surface area (Å²) in [5.74, 6) is -0.0774. The maximum Gasteiger partial charge on any atom is 0.258 e. The van der Waals surface area contributed by atoms with Crippen LogP contribution in [0.15, 0.2) is 53.0 Å². The molecule has 0 spiro atoms. The zero-order valence-corrected chi connectivity index (χ0v) is 19.4. The van der Waals surface area contributed by atoms with Gasteiger partial charge in [0.15, 0.2) is 5.11 Å². The van der Waals surface area contributed by atoms with Gasteiger partial charge in [0.1, 0.15) is 0 Å². The maximum absolute atomic E-state index is 12.5. The van der Waals surface area contributed by atoms with Crippen molar-refractivity contribution < 1.29 is 9.59 Å². The fraction of sp³-hybridized carbons (Fsp3) is 0.318. The quantitative estimate of drug-likeness (QED) is 0.639. The van der Waals surface area contributed by atoms with Crippen LogP contribution in [-0.2, 0) is 4.79 Å². The Morgan fingerprint density at radius 3 is 2.30 bits per heavy atom. The molecule has 2 aromatic rings. The lowest BCUT2D eigenvalue weighted by Gasteiger charge is -2.37.